The zero-order valence-corrected chi connectivity index (χ0v) is 16.8. The molecule has 2 saturated heterocycles. The number of nitrogens with zero attached hydrogens (tertiary/aromatic N) is 3. The summed E-state index contributed by atoms with van der Waals surface area (Å²) < 4.78 is 5.35. The Balaban J connectivity index is 1.34. The zero-order valence-electron chi connectivity index (χ0n) is 16.0. The molecule has 0 spiro atoms. The highest BCUT2D eigenvalue weighted by atomic mass is 35.5. The second-order valence-corrected chi connectivity index (χ2v) is 8.43. The number of aromatic nitrogens is 2. The number of nitrogens with one attached hydrogen (secondary N) is 2. The molecule has 9 heteroatoms. The minimum absolute atomic E-state index is 0.225. The molecule has 0 aromatic carbocycles. The number of morpholine rings is 1. The standard InChI is InChI=1S/C19H28ClN5O3/c20-16-11-22-23-18(16)19(27)21-10-15-4-3-14(25(15)12-13-1-2-13)9-17(26)24-5-7-28-8-6-24/h11,13-15H,1-10,12H2,(H,21,27)(H,22,23)/t14-,15+/m1/s1. The first-order valence-electron chi connectivity index (χ1n) is 10.2. The predicted octanol–water partition coefficient (Wildman–Crippen LogP) is 1.28. The molecule has 0 unspecified atom stereocenters. The summed E-state index contributed by atoms with van der Waals surface area (Å²) in [6.07, 6.45) is 6.51. The van der Waals surface area contributed by atoms with E-state index in [1.165, 1.54) is 19.0 Å². The minimum atomic E-state index is -0.235. The van der Waals surface area contributed by atoms with Gasteiger partial charge >= 0.3 is 0 Å². The van der Waals surface area contributed by atoms with E-state index in [1.807, 2.05) is 4.90 Å². The van der Waals surface area contributed by atoms with Gasteiger partial charge in [-0.3, -0.25) is 19.6 Å². The Morgan fingerprint density at radius 1 is 1.21 bits per heavy atom. The summed E-state index contributed by atoms with van der Waals surface area (Å²) in [7, 11) is 0. The Labute approximate surface area is 169 Å². The van der Waals surface area contributed by atoms with Crippen molar-refractivity contribution in [3.63, 3.8) is 0 Å². The first kappa shape index (κ1) is 19.7. The van der Waals surface area contributed by atoms with E-state index >= 15 is 0 Å². The summed E-state index contributed by atoms with van der Waals surface area (Å²) in [5, 5.41) is 9.74. The maximum atomic E-state index is 12.7. The average Bonchev–Trinajstić information content (AvgIpc) is 3.31. The third kappa shape index (κ3) is 4.67. The van der Waals surface area contributed by atoms with Gasteiger partial charge < -0.3 is 15.0 Å². The number of H-pyrrole nitrogens is 1. The molecule has 0 radical (unpaired) electrons. The number of hydrogen-bond donors (Lipinski definition) is 2. The number of halogens is 1. The van der Waals surface area contributed by atoms with Gasteiger partial charge in [0.2, 0.25) is 5.91 Å². The van der Waals surface area contributed by atoms with Crippen LogP contribution in [0, 0.1) is 5.92 Å². The molecule has 1 saturated carbocycles. The van der Waals surface area contributed by atoms with Crippen molar-refractivity contribution >= 4 is 23.4 Å². The lowest BCUT2D eigenvalue weighted by atomic mass is 10.1. The Hall–Kier alpha value is -1.64. The smallest absolute Gasteiger partial charge is 0.270 e. The van der Waals surface area contributed by atoms with Gasteiger partial charge in [0.1, 0.15) is 5.69 Å². The van der Waals surface area contributed by atoms with Gasteiger partial charge in [0.05, 0.1) is 24.4 Å². The Morgan fingerprint density at radius 2 is 1.96 bits per heavy atom. The second kappa shape index (κ2) is 8.80. The van der Waals surface area contributed by atoms with Crippen molar-refractivity contribution in [1.29, 1.82) is 0 Å². The largest absolute Gasteiger partial charge is 0.378 e. The number of ether oxygens (including phenoxy) is 1. The summed E-state index contributed by atoms with van der Waals surface area (Å²) in [6.45, 7) is 4.23. The quantitative estimate of drug-likeness (QED) is 0.708. The highest BCUT2D eigenvalue weighted by Gasteiger charge is 2.38. The zero-order chi connectivity index (χ0) is 19.5. The fourth-order valence-corrected chi connectivity index (χ4v) is 4.40. The Kier molecular flexibility index (Phi) is 6.18. The number of likely N-dealkylation sites (tertiary alicyclic amines) is 1. The summed E-state index contributed by atoms with van der Waals surface area (Å²) in [5.74, 6) is 0.726. The molecule has 2 amide bonds. The summed E-state index contributed by atoms with van der Waals surface area (Å²) in [6, 6.07) is 0.516. The molecule has 4 rings (SSSR count). The SMILES string of the molecule is O=C(NC[C@@H]1CC[C@H](CC(=O)N2CCOCC2)N1CC1CC1)c1[nH]ncc1Cl. The van der Waals surface area contributed by atoms with Crippen molar-refractivity contribution in [2.75, 3.05) is 39.4 Å². The van der Waals surface area contributed by atoms with Crippen LogP contribution in [0.3, 0.4) is 0 Å². The molecule has 1 aromatic rings. The topological polar surface area (TPSA) is 90.6 Å². The van der Waals surface area contributed by atoms with Gasteiger partial charge in [-0.25, -0.2) is 0 Å². The van der Waals surface area contributed by atoms with E-state index in [1.54, 1.807) is 0 Å². The number of rotatable bonds is 7. The fraction of sp³-hybridized carbons (Fsp3) is 0.737. The minimum Gasteiger partial charge on any atom is -0.378 e. The Morgan fingerprint density at radius 3 is 2.64 bits per heavy atom. The molecular formula is C19H28ClN5O3. The van der Waals surface area contributed by atoms with Gasteiger partial charge in [0, 0.05) is 44.7 Å². The molecule has 0 bridgehead atoms. The number of hydrogen-bond acceptors (Lipinski definition) is 5. The van der Waals surface area contributed by atoms with E-state index in [0.29, 0.717) is 50.0 Å². The van der Waals surface area contributed by atoms with Crippen LogP contribution >= 0.6 is 11.6 Å². The van der Waals surface area contributed by atoms with Crippen LogP contribution in [0.1, 0.15) is 42.6 Å². The van der Waals surface area contributed by atoms with Crippen LogP contribution in [0.4, 0.5) is 0 Å². The van der Waals surface area contributed by atoms with E-state index < -0.39 is 0 Å². The third-order valence-corrected chi connectivity index (χ3v) is 6.32. The van der Waals surface area contributed by atoms with Crippen LogP contribution in [0.15, 0.2) is 6.20 Å². The van der Waals surface area contributed by atoms with Crippen LogP contribution in [-0.2, 0) is 9.53 Å². The predicted molar refractivity (Wildman–Crippen MR) is 104 cm³/mol. The van der Waals surface area contributed by atoms with E-state index in [-0.39, 0.29) is 23.9 Å². The van der Waals surface area contributed by atoms with Crippen LogP contribution in [-0.4, -0.2) is 83.3 Å². The monoisotopic (exact) mass is 409 g/mol. The highest BCUT2D eigenvalue weighted by molar-refractivity contribution is 6.33. The second-order valence-electron chi connectivity index (χ2n) is 8.03. The van der Waals surface area contributed by atoms with Crippen molar-refractivity contribution in [3.05, 3.63) is 16.9 Å². The van der Waals surface area contributed by atoms with Crippen LogP contribution in [0.25, 0.3) is 0 Å². The van der Waals surface area contributed by atoms with E-state index in [0.717, 1.165) is 25.3 Å². The fourth-order valence-electron chi connectivity index (χ4n) is 4.22. The van der Waals surface area contributed by atoms with Gasteiger partial charge in [-0.05, 0) is 31.6 Å². The van der Waals surface area contributed by atoms with E-state index in [2.05, 4.69) is 20.4 Å². The number of carbonyl (C=O) groups excluding carboxylic acids is 2. The molecule has 2 atom stereocenters. The highest BCUT2D eigenvalue weighted by Crippen LogP contribution is 2.35. The van der Waals surface area contributed by atoms with Crippen molar-refractivity contribution in [3.8, 4) is 0 Å². The molecule has 154 valence electrons. The van der Waals surface area contributed by atoms with E-state index in [4.69, 9.17) is 16.3 Å². The van der Waals surface area contributed by atoms with E-state index in [9.17, 15) is 9.59 Å². The third-order valence-electron chi connectivity index (χ3n) is 6.03. The lowest BCUT2D eigenvalue weighted by Crippen LogP contribution is -2.47. The van der Waals surface area contributed by atoms with Gasteiger partial charge in [-0.15, -0.1) is 0 Å². The van der Waals surface area contributed by atoms with Crippen LogP contribution in [0.5, 0.6) is 0 Å². The number of amides is 2. The van der Waals surface area contributed by atoms with Crippen molar-refractivity contribution in [2.45, 2.75) is 44.2 Å². The maximum Gasteiger partial charge on any atom is 0.270 e. The summed E-state index contributed by atoms with van der Waals surface area (Å²) >= 11 is 5.97. The molecule has 8 nitrogen and oxygen atoms in total. The first-order chi connectivity index (χ1) is 13.6. The molecule has 1 aliphatic carbocycles. The van der Waals surface area contributed by atoms with Crippen molar-refractivity contribution in [2.24, 2.45) is 5.92 Å². The molecular weight excluding hydrogens is 382 g/mol. The van der Waals surface area contributed by atoms with Crippen LogP contribution < -0.4 is 5.32 Å². The molecule has 2 N–H and O–H groups in total. The summed E-state index contributed by atoms with van der Waals surface area (Å²) in [4.78, 5) is 29.4. The lowest BCUT2D eigenvalue weighted by molar-refractivity contribution is -0.136. The van der Waals surface area contributed by atoms with Gasteiger partial charge in [0.15, 0.2) is 0 Å². The Bertz CT molecular complexity index is 701. The van der Waals surface area contributed by atoms with Gasteiger partial charge in [0.25, 0.3) is 5.91 Å². The van der Waals surface area contributed by atoms with Gasteiger partial charge in [-0.1, -0.05) is 11.6 Å². The van der Waals surface area contributed by atoms with Crippen molar-refractivity contribution in [1.82, 2.24) is 25.3 Å². The molecule has 3 heterocycles. The molecule has 28 heavy (non-hydrogen) atoms. The molecule has 3 fully saturated rings. The van der Waals surface area contributed by atoms with Gasteiger partial charge in [-0.2, -0.15) is 5.10 Å². The first-order valence-corrected chi connectivity index (χ1v) is 10.6. The maximum absolute atomic E-state index is 12.7. The normalized spacial score (nSPS) is 25.8. The molecule has 2 aliphatic heterocycles. The number of aromatic amines is 1. The van der Waals surface area contributed by atoms with Crippen LogP contribution in [0.2, 0.25) is 5.02 Å². The summed E-state index contributed by atoms with van der Waals surface area (Å²) in [5.41, 5.74) is 0.299. The van der Waals surface area contributed by atoms with Crippen molar-refractivity contribution < 1.29 is 14.3 Å². The molecule has 1 aromatic heterocycles. The molecule has 3 aliphatic rings. The lowest BCUT2D eigenvalue weighted by Gasteiger charge is -2.33. The average molecular weight is 410 g/mol. The number of carbonyl (C=O) groups is 2.